The maximum absolute atomic E-state index is 13.2. The number of aromatic nitrogens is 5. The number of methoxy groups -OCH3 is 1. The van der Waals surface area contributed by atoms with Crippen LogP contribution < -0.4 is 15.2 Å². The molecule has 1 saturated heterocycles. The Morgan fingerprint density at radius 3 is 2.47 bits per heavy atom. The van der Waals surface area contributed by atoms with E-state index in [0.29, 0.717) is 40.3 Å². The summed E-state index contributed by atoms with van der Waals surface area (Å²) in [6.45, 7) is 1.91. The van der Waals surface area contributed by atoms with Crippen molar-refractivity contribution in [1.82, 2.24) is 29.6 Å². The second kappa shape index (κ2) is 9.37. The van der Waals surface area contributed by atoms with Crippen LogP contribution in [-0.4, -0.2) is 70.0 Å². The molecule has 0 bridgehead atoms. The van der Waals surface area contributed by atoms with Gasteiger partial charge in [-0.25, -0.2) is 9.67 Å². The summed E-state index contributed by atoms with van der Waals surface area (Å²) in [5.74, 6) is 2.14. The van der Waals surface area contributed by atoms with E-state index in [4.69, 9.17) is 19.8 Å². The van der Waals surface area contributed by atoms with Gasteiger partial charge in [0.15, 0.2) is 5.65 Å². The first-order valence-corrected chi connectivity index (χ1v) is 12.4. The van der Waals surface area contributed by atoms with Gasteiger partial charge < -0.3 is 19.5 Å². The Balaban J connectivity index is 1.47. The molecule has 9 nitrogen and oxygen atoms in total. The van der Waals surface area contributed by atoms with Crippen LogP contribution in [0.5, 0.6) is 5.88 Å². The molecule has 1 N–H and O–H groups in total. The van der Waals surface area contributed by atoms with E-state index >= 15 is 0 Å². The fourth-order valence-corrected chi connectivity index (χ4v) is 5.53. The van der Waals surface area contributed by atoms with E-state index in [-0.39, 0.29) is 5.56 Å². The average Bonchev–Trinajstić information content (AvgIpc) is 3.21. The van der Waals surface area contributed by atoms with E-state index in [2.05, 4.69) is 28.9 Å². The van der Waals surface area contributed by atoms with Crippen molar-refractivity contribution in [2.75, 3.05) is 39.2 Å². The fourth-order valence-electron chi connectivity index (χ4n) is 5.53. The first kappa shape index (κ1) is 22.8. The number of pyridine rings is 1. The van der Waals surface area contributed by atoms with Crippen LogP contribution in [0.15, 0.2) is 16.9 Å². The lowest BCUT2D eigenvalue weighted by Gasteiger charge is -2.35. The maximum Gasteiger partial charge on any atom is 0.262 e. The number of nitrogens with zero attached hydrogens (tertiary/aromatic N) is 6. The summed E-state index contributed by atoms with van der Waals surface area (Å²) in [6.07, 6.45) is 8.01. The van der Waals surface area contributed by atoms with Gasteiger partial charge in [-0.15, -0.1) is 0 Å². The van der Waals surface area contributed by atoms with Crippen LogP contribution in [0.4, 0.5) is 5.82 Å². The Labute approximate surface area is 200 Å². The summed E-state index contributed by atoms with van der Waals surface area (Å²) >= 11 is 0. The van der Waals surface area contributed by atoms with E-state index in [1.807, 2.05) is 19.2 Å². The van der Waals surface area contributed by atoms with Gasteiger partial charge in [0.1, 0.15) is 17.0 Å². The van der Waals surface area contributed by atoms with Gasteiger partial charge in [-0.1, -0.05) is 19.3 Å². The predicted octanol–water partition coefficient (Wildman–Crippen LogP) is 3.31. The molecule has 1 aliphatic heterocycles. The number of rotatable bonds is 5. The molecule has 0 spiro atoms. The minimum atomic E-state index is -0.148. The lowest BCUT2D eigenvalue weighted by atomic mass is 9.86. The van der Waals surface area contributed by atoms with Crippen molar-refractivity contribution >= 4 is 16.9 Å². The molecule has 0 unspecified atom stereocenters. The average molecular weight is 466 g/mol. The van der Waals surface area contributed by atoms with Gasteiger partial charge in [0.2, 0.25) is 5.88 Å². The molecule has 4 heterocycles. The number of hydrogen-bond donors (Lipinski definition) is 1. The van der Waals surface area contributed by atoms with Crippen LogP contribution in [0.3, 0.4) is 0 Å². The van der Waals surface area contributed by atoms with E-state index in [0.717, 1.165) is 50.3 Å². The van der Waals surface area contributed by atoms with Crippen molar-refractivity contribution in [2.24, 2.45) is 7.05 Å². The Morgan fingerprint density at radius 1 is 1.06 bits per heavy atom. The lowest BCUT2D eigenvalue weighted by Crippen LogP contribution is -2.42. The van der Waals surface area contributed by atoms with Crippen molar-refractivity contribution in [3.8, 4) is 17.3 Å². The summed E-state index contributed by atoms with van der Waals surface area (Å²) < 4.78 is 7.38. The molecular weight excluding hydrogens is 430 g/mol. The van der Waals surface area contributed by atoms with E-state index in [1.54, 1.807) is 11.8 Å². The van der Waals surface area contributed by atoms with Gasteiger partial charge in [-0.2, -0.15) is 10.1 Å². The quantitative estimate of drug-likeness (QED) is 0.618. The van der Waals surface area contributed by atoms with Crippen LogP contribution in [0.25, 0.3) is 22.4 Å². The first-order chi connectivity index (χ1) is 16.5. The first-order valence-electron chi connectivity index (χ1n) is 12.4. The largest absolute Gasteiger partial charge is 0.480 e. The number of H-pyrrole nitrogens is 1. The molecule has 3 aromatic heterocycles. The molecule has 3 aromatic rings. The molecule has 0 radical (unpaired) electrons. The Morgan fingerprint density at radius 2 is 1.79 bits per heavy atom. The second-order valence-electron chi connectivity index (χ2n) is 9.87. The lowest BCUT2D eigenvalue weighted by molar-refractivity contribution is 0.249. The molecule has 0 atom stereocenters. The zero-order chi connectivity index (χ0) is 23.8. The molecule has 2 aliphatic rings. The summed E-state index contributed by atoms with van der Waals surface area (Å²) in [7, 11) is 7.75. The highest BCUT2D eigenvalue weighted by Gasteiger charge is 2.26. The third-order valence-electron chi connectivity index (χ3n) is 7.53. The number of hydrogen-bond acceptors (Lipinski definition) is 7. The molecule has 1 saturated carbocycles. The number of anilines is 1. The normalized spacial score (nSPS) is 18.2. The van der Waals surface area contributed by atoms with Crippen molar-refractivity contribution in [1.29, 1.82) is 0 Å². The molecule has 5 rings (SSSR count). The highest BCUT2D eigenvalue weighted by molar-refractivity contribution is 5.80. The zero-order valence-electron chi connectivity index (χ0n) is 20.7. The number of piperidine rings is 1. The highest BCUT2D eigenvalue weighted by Crippen LogP contribution is 2.35. The summed E-state index contributed by atoms with van der Waals surface area (Å²) in [5.41, 5.74) is 2.02. The van der Waals surface area contributed by atoms with Gasteiger partial charge in [0.05, 0.1) is 18.4 Å². The molecule has 2 fully saturated rings. The second-order valence-corrected chi connectivity index (χ2v) is 9.87. The van der Waals surface area contributed by atoms with Gasteiger partial charge in [0.25, 0.3) is 5.56 Å². The van der Waals surface area contributed by atoms with Crippen LogP contribution in [0.2, 0.25) is 0 Å². The summed E-state index contributed by atoms with van der Waals surface area (Å²) in [6, 6.07) is 4.55. The maximum atomic E-state index is 13.2. The van der Waals surface area contributed by atoms with Gasteiger partial charge >= 0.3 is 0 Å². The van der Waals surface area contributed by atoms with Gasteiger partial charge in [0, 0.05) is 32.1 Å². The number of aromatic amines is 1. The SMILES string of the molecule is COc1nc(N2CCC(N(C)C)CC2)ccc1-c1nc2c(c(C3CCCCC3)nn2C)c(=O)[nH]1. The van der Waals surface area contributed by atoms with Crippen molar-refractivity contribution < 1.29 is 4.74 Å². The molecule has 34 heavy (non-hydrogen) atoms. The van der Waals surface area contributed by atoms with Crippen molar-refractivity contribution in [2.45, 2.75) is 56.9 Å². The molecule has 9 heteroatoms. The standard InChI is InChI=1S/C25H35N7O2/c1-30(2)17-12-14-32(15-13-17)19-11-10-18(25(26-19)34-4)22-27-23-20(24(33)28-22)21(29-31(23)3)16-8-6-5-7-9-16/h10-11,16-17H,5-9,12-15H2,1-4H3,(H,27,28,33). The van der Waals surface area contributed by atoms with Crippen molar-refractivity contribution in [3.63, 3.8) is 0 Å². The summed E-state index contributed by atoms with van der Waals surface area (Å²) in [5, 5.41) is 5.34. The smallest absolute Gasteiger partial charge is 0.262 e. The Hall–Kier alpha value is -2.94. The number of ether oxygens (including phenoxy) is 1. The number of aryl methyl sites for hydroxylation is 1. The number of nitrogens with one attached hydrogen (secondary N) is 1. The summed E-state index contributed by atoms with van der Waals surface area (Å²) in [4.78, 5) is 30.4. The molecular formula is C25H35N7O2. The molecule has 0 aromatic carbocycles. The van der Waals surface area contributed by atoms with Crippen molar-refractivity contribution in [3.05, 3.63) is 28.2 Å². The third kappa shape index (κ3) is 4.17. The predicted molar refractivity (Wildman–Crippen MR) is 134 cm³/mol. The topological polar surface area (TPSA) is 92.2 Å². The Kier molecular flexibility index (Phi) is 6.29. The van der Waals surface area contributed by atoms with Crippen LogP contribution in [0.1, 0.15) is 56.6 Å². The van der Waals surface area contributed by atoms with Crippen LogP contribution >= 0.6 is 0 Å². The van der Waals surface area contributed by atoms with Crippen LogP contribution in [0, 0.1) is 0 Å². The van der Waals surface area contributed by atoms with Gasteiger partial charge in [-0.05, 0) is 51.9 Å². The molecule has 1 aliphatic carbocycles. The Bertz CT molecular complexity index is 1220. The third-order valence-corrected chi connectivity index (χ3v) is 7.53. The minimum Gasteiger partial charge on any atom is -0.480 e. The highest BCUT2D eigenvalue weighted by atomic mass is 16.5. The zero-order valence-corrected chi connectivity index (χ0v) is 20.7. The molecule has 0 amide bonds. The minimum absolute atomic E-state index is 0.148. The molecule has 182 valence electrons. The van der Waals surface area contributed by atoms with E-state index < -0.39 is 0 Å². The van der Waals surface area contributed by atoms with Crippen LogP contribution in [-0.2, 0) is 7.05 Å². The van der Waals surface area contributed by atoms with E-state index in [9.17, 15) is 4.79 Å². The van der Waals surface area contributed by atoms with E-state index in [1.165, 1.54) is 19.3 Å². The number of fused-ring (bicyclic) bond motifs is 1. The van der Waals surface area contributed by atoms with Gasteiger partial charge in [-0.3, -0.25) is 4.79 Å². The fraction of sp³-hybridized carbons (Fsp3) is 0.600. The monoisotopic (exact) mass is 465 g/mol.